The Balaban J connectivity index is 2.38. The molecule has 0 heterocycles. The Kier molecular flexibility index (Phi) is 5.21. The largest absolute Gasteiger partial charge is 0.497 e. The Bertz CT molecular complexity index is 602. The van der Waals surface area contributed by atoms with E-state index in [0.717, 1.165) is 28.8 Å². The van der Waals surface area contributed by atoms with Crippen LogP contribution in [0.1, 0.15) is 24.0 Å². The van der Waals surface area contributed by atoms with Crippen molar-refractivity contribution in [3.05, 3.63) is 59.7 Å². The van der Waals surface area contributed by atoms with E-state index in [0.29, 0.717) is 0 Å². The summed E-state index contributed by atoms with van der Waals surface area (Å²) in [7, 11) is 5.69. The van der Waals surface area contributed by atoms with Crippen molar-refractivity contribution in [3.8, 4) is 5.75 Å². The molecule has 0 aliphatic heterocycles. The molecule has 0 amide bonds. The lowest BCUT2D eigenvalue weighted by Gasteiger charge is -2.22. The maximum absolute atomic E-state index is 11.4. The molecule has 0 spiro atoms. The Morgan fingerprint density at radius 2 is 1.45 bits per heavy atom. The molecule has 0 bridgehead atoms. The van der Waals surface area contributed by atoms with Gasteiger partial charge in [-0.1, -0.05) is 31.2 Å². The molecule has 3 heteroatoms. The summed E-state index contributed by atoms with van der Waals surface area (Å²) in [5, 5.41) is 0. The van der Waals surface area contributed by atoms with Gasteiger partial charge in [-0.05, 0) is 35.4 Å². The van der Waals surface area contributed by atoms with E-state index in [1.54, 1.807) is 7.11 Å². The number of carbonyl (C=O) groups excluding carboxylic acids is 1. The van der Waals surface area contributed by atoms with Crippen LogP contribution in [0.25, 0.3) is 0 Å². The first-order valence-corrected chi connectivity index (χ1v) is 7.43. The fourth-order valence-electron chi connectivity index (χ4n) is 2.67. The summed E-state index contributed by atoms with van der Waals surface area (Å²) in [5.74, 6) is 0.794. The minimum atomic E-state index is -0.0846. The standard InChI is InChI=1S/C19H23NO2/c1-14(13-21)19(16-7-11-18(22-4)12-8-16)15-5-9-17(10-6-15)20(2)3/h5-14,19H,1-4H3/t14-,19-/m0/s1. The average Bonchev–Trinajstić information content (AvgIpc) is 2.56. The quantitative estimate of drug-likeness (QED) is 0.761. The molecule has 0 fully saturated rings. The lowest BCUT2D eigenvalue weighted by Crippen LogP contribution is -2.13. The second-order valence-electron chi connectivity index (χ2n) is 5.73. The van der Waals surface area contributed by atoms with Crippen LogP contribution in [0.3, 0.4) is 0 Å². The van der Waals surface area contributed by atoms with Crippen LogP contribution in [-0.2, 0) is 4.79 Å². The van der Waals surface area contributed by atoms with Crippen LogP contribution in [0.5, 0.6) is 5.75 Å². The summed E-state index contributed by atoms with van der Waals surface area (Å²) in [6, 6.07) is 16.3. The zero-order valence-electron chi connectivity index (χ0n) is 13.6. The van der Waals surface area contributed by atoms with Crippen LogP contribution in [-0.4, -0.2) is 27.5 Å². The number of benzene rings is 2. The van der Waals surface area contributed by atoms with E-state index < -0.39 is 0 Å². The molecule has 0 aliphatic rings. The molecule has 116 valence electrons. The molecule has 2 rings (SSSR count). The highest BCUT2D eigenvalue weighted by Gasteiger charge is 2.21. The average molecular weight is 297 g/mol. The molecule has 0 aromatic heterocycles. The predicted molar refractivity (Wildman–Crippen MR) is 90.8 cm³/mol. The zero-order chi connectivity index (χ0) is 16.1. The summed E-state index contributed by atoms with van der Waals surface area (Å²) in [6.07, 6.45) is 1.02. The van der Waals surface area contributed by atoms with Crippen LogP contribution in [0, 0.1) is 5.92 Å². The molecule has 3 nitrogen and oxygen atoms in total. The monoisotopic (exact) mass is 297 g/mol. The van der Waals surface area contributed by atoms with Gasteiger partial charge in [0.25, 0.3) is 0 Å². The molecular formula is C19H23NO2. The molecule has 2 aromatic carbocycles. The third-order valence-corrected chi connectivity index (χ3v) is 3.98. The van der Waals surface area contributed by atoms with E-state index in [1.807, 2.05) is 45.3 Å². The van der Waals surface area contributed by atoms with E-state index >= 15 is 0 Å². The Morgan fingerprint density at radius 3 is 1.86 bits per heavy atom. The number of methoxy groups -OCH3 is 1. The van der Waals surface area contributed by atoms with Crippen molar-refractivity contribution >= 4 is 12.0 Å². The first kappa shape index (κ1) is 16.1. The van der Waals surface area contributed by atoms with Gasteiger partial charge in [0.2, 0.25) is 0 Å². The Labute approximate surface area is 132 Å². The predicted octanol–water partition coefficient (Wildman–Crippen LogP) is 3.73. The molecule has 2 aromatic rings. The fraction of sp³-hybridized carbons (Fsp3) is 0.316. The number of ether oxygens (including phenoxy) is 1. The molecular weight excluding hydrogens is 274 g/mol. The van der Waals surface area contributed by atoms with Crippen molar-refractivity contribution in [2.45, 2.75) is 12.8 Å². The second kappa shape index (κ2) is 7.12. The maximum atomic E-state index is 11.4. The van der Waals surface area contributed by atoms with E-state index in [4.69, 9.17) is 4.74 Å². The van der Waals surface area contributed by atoms with E-state index in [-0.39, 0.29) is 11.8 Å². The summed E-state index contributed by atoms with van der Waals surface area (Å²) in [6.45, 7) is 1.96. The smallest absolute Gasteiger partial charge is 0.123 e. The normalized spacial score (nSPS) is 13.3. The third-order valence-electron chi connectivity index (χ3n) is 3.98. The van der Waals surface area contributed by atoms with Crippen LogP contribution >= 0.6 is 0 Å². The van der Waals surface area contributed by atoms with Crippen LogP contribution in [0.4, 0.5) is 5.69 Å². The second-order valence-corrected chi connectivity index (χ2v) is 5.73. The maximum Gasteiger partial charge on any atom is 0.123 e. The zero-order valence-corrected chi connectivity index (χ0v) is 13.6. The highest BCUT2D eigenvalue weighted by molar-refractivity contribution is 5.58. The summed E-state index contributed by atoms with van der Waals surface area (Å²) >= 11 is 0. The van der Waals surface area contributed by atoms with E-state index in [2.05, 4.69) is 29.2 Å². The van der Waals surface area contributed by atoms with Crippen LogP contribution in [0.15, 0.2) is 48.5 Å². The number of rotatable bonds is 6. The summed E-state index contributed by atoms with van der Waals surface area (Å²) < 4.78 is 5.21. The lowest BCUT2D eigenvalue weighted by atomic mass is 9.82. The number of hydrogen-bond acceptors (Lipinski definition) is 3. The molecule has 0 unspecified atom stereocenters. The van der Waals surface area contributed by atoms with Crippen molar-refractivity contribution in [1.82, 2.24) is 0 Å². The van der Waals surface area contributed by atoms with Gasteiger partial charge in [-0.15, -0.1) is 0 Å². The molecule has 0 saturated heterocycles. The van der Waals surface area contributed by atoms with Gasteiger partial charge in [0, 0.05) is 31.6 Å². The Hall–Kier alpha value is -2.29. The molecule has 2 atom stereocenters. The molecule has 0 aliphatic carbocycles. The van der Waals surface area contributed by atoms with Crippen molar-refractivity contribution in [2.24, 2.45) is 5.92 Å². The number of carbonyl (C=O) groups is 1. The molecule has 22 heavy (non-hydrogen) atoms. The topological polar surface area (TPSA) is 29.5 Å². The third kappa shape index (κ3) is 3.48. The summed E-state index contributed by atoms with van der Waals surface area (Å²) in [5.41, 5.74) is 3.42. The molecule has 0 N–H and O–H groups in total. The van der Waals surface area contributed by atoms with Gasteiger partial charge < -0.3 is 14.4 Å². The van der Waals surface area contributed by atoms with Gasteiger partial charge in [0.15, 0.2) is 0 Å². The van der Waals surface area contributed by atoms with Gasteiger partial charge in [-0.3, -0.25) is 0 Å². The molecule has 0 radical (unpaired) electrons. The first-order chi connectivity index (χ1) is 10.6. The highest BCUT2D eigenvalue weighted by atomic mass is 16.5. The molecule has 0 saturated carbocycles. The Morgan fingerprint density at radius 1 is 0.955 bits per heavy atom. The number of hydrogen-bond donors (Lipinski definition) is 0. The van der Waals surface area contributed by atoms with Crippen LogP contribution < -0.4 is 9.64 Å². The summed E-state index contributed by atoms with van der Waals surface area (Å²) in [4.78, 5) is 13.4. The van der Waals surface area contributed by atoms with Crippen molar-refractivity contribution < 1.29 is 9.53 Å². The van der Waals surface area contributed by atoms with Gasteiger partial charge in [0.05, 0.1) is 7.11 Å². The highest BCUT2D eigenvalue weighted by Crippen LogP contribution is 2.33. The number of anilines is 1. The van der Waals surface area contributed by atoms with E-state index in [1.165, 1.54) is 0 Å². The van der Waals surface area contributed by atoms with Crippen molar-refractivity contribution in [2.75, 3.05) is 26.1 Å². The first-order valence-electron chi connectivity index (χ1n) is 7.43. The van der Waals surface area contributed by atoms with Crippen molar-refractivity contribution in [3.63, 3.8) is 0 Å². The lowest BCUT2D eigenvalue weighted by molar-refractivity contribution is -0.111. The number of aldehydes is 1. The van der Waals surface area contributed by atoms with Gasteiger partial charge in [-0.25, -0.2) is 0 Å². The van der Waals surface area contributed by atoms with Crippen LogP contribution in [0.2, 0.25) is 0 Å². The SMILES string of the molecule is COc1ccc([C@H](c2ccc(N(C)C)cc2)[C@@H](C)C=O)cc1. The minimum absolute atomic E-state index is 0.0552. The van der Waals surface area contributed by atoms with Gasteiger partial charge in [0.1, 0.15) is 12.0 Å². The van der Waals surface area contributed by atoms with Gasteiger partial charge >= 0.3 is 0 Å². The minimum Gasteiger partial charge on any atom is -0.497 e. The number of nitrogens with zero attached hydrogens (tertiary/aromatic N) is 1. The van der Waals surface area contributed by atoms with E-state index in [9.17, 15) is 4.79 Å². The van der Waals surface area contributed by atoms with Gasteiger partial charge in [-0.2, -0.15) is 0 Å². The fourth-order valence-corrected chi connectivity index (χ4v) is 2.67. The van der Waals surface area contributed by atoms with Crippen molar-refractivity contribution in [1.29, 1.82) is 0 Å².